The SMILES string of the molecule is CSCCNCc1nnnn1-c1ccccc1. The molecule has 0 spiro atoms. The summed E-state index contributed by atoms with van der Waals surface area (Å²) < 4.78 is 1.76. The number of nitrogens with one attached hydrogen (secondary N) is 1. The molecule has 0 amide bonds. The topological polar surface area (TPSA) is 55.6 Å². The minimum Gasteiger partial charge on any atom is -0.309 e. The van der Waals surface area contributed by atoms with Gasteiger partial charge in [-0.25, -0.2) is 0 Å². The van der Waals surface area contributed by atoms with Crippen LogP contribution in [0.2, 0.25) is 0 Å². The second kappa shape index (κ2) is 6.36. The number of thioether (sulfide) groups is 1. The molecule has 5 nitrogen and oxygen atoms in total. The molecule has 0 bridgehead atoms. The molecule has 6 heteroatoms. The fourth-order valence-corrected chi connectivity index (χ4v) is 1.81. The molecule has 2 rings (SSSR count). The van der Waals surface area contributed by atoms with E-state index in [-0.39, 0.29) is 0 Å². The molecule has 1 aromatic carbocycles. The fourth-order valence-electron chi connectivity index (χ4n) is 1.46. The number of tetrazole rings is 1. The number of benzene rings is 1. The van der Waals surface area contributed by atoms with Crippen LogP contribution in [0.4, 0.5) is 0 Å². The minimum atomic E-state index is 0.683. The first kappa shape index (κ1) is 12.1. The van der Waals surface area contributed by atoms with Crippen LogP contribution in [0.25, 0.3) is 5.69 Å². The van der Waals surface area contributed by atoms with Gasteiger partial charge in [-0.1, -0.05) is 18.2 Å². The van der Waals surface area contributed by atoms with Crippen LogP contribution in [0.3, 0.4) is 0 Å². The van der Waals surface area contributed by atoms with Crippen LogP contribution in [0.1, 0.15) is 5.82 Å². The highest BCUT2D eigenvalue weighted by molar-refractivity contribution is 7.98. The van der Waals surface area contributed by atoms with Crippen LogP contribution in [-0.2, 0) is 6.54 Å². The monoisotopic (exact) mass is 249 g/mol. The molecule has 0 radical (unpaired) electrons. The fraction of sp³-hybridized carbons (Fsp3) is 0.364. The van der Waals surface area contributed by atoms with E-state index in [2.05, 4.69) is 27.1 Å². The van der Waals surface area contributed by atoms with E-state index in [1.807, 2.05) is 42.1 Å². The van der Waals surface area contributed by atoms with Crippen molar-refractivity contribution in [2.45, 2.75) is 6.54 Å². The lowest BCUT2D eigenvalue weighted by atomic mass is 10.3. The van der Waals surface area contributed by atoms with Crippen molar-refractivity contribution in [1.29, 1.82) is 0 Å². The highest BCUT2D eigenvalue weighted by Gasteiger charge is 2.06. The molecule has 0 aliphatic heterocycles. The van der Waals surface area contributed by atoms with Gasteiger partial charge in [0.1, 0.15) is 0 Å². The summed E-state index contributed by atoms with van der Waals surface area (Å²) in [6, 6.07) is 9.90. The number of rotatable bonds is 6. The van der Waals surface area contributed by atoms with Crippen molar-refractivity contribution in [3.8, 4) is 5.69 Å². The molecule has 17 heavy (non-hydrogen) atoms. The Morgan fingerprint density at radius 2 is 2.12 bits per heavy atom. The Morgan fingerprint density at radius 3 is 2.88 bits per heavy atom. The summed E-state index contributed by atoms with van der Waals surface area (Å²) in [6.07, 6.45) is 2.09. The molecule has 90 valence electrons. The zero-order chi connectivity index (χ0) is 11.9. The average Bonchev–Trinajstić information content (AvgIpc) is 2.84. The van der Waals surface area contributed by atoms with E-state index in [9.17, 15) is 0 Å². The predicted octanol–water partition coefficient (Wildman–Crippen LogP) is 1.11. The maximum Gasteiger partial charge on any atom is 0.170 e. The molecule has 1 aromatic heterocycles. The summed E-state index contributed by atoms with van der Waals surface area (Å²) in [5.41, 5.74) is 0.985. The van der Waals surface area contributed by atoms with Crippen LogP contribution in [0.15, 0.2) is 30.3 Å². The van der Waals surface area contributed by atoms with Crippen LogP contribution in [0.5, 0.6) is 0 Å². The van der Waals surface area contributed by atoms with Crippen LogP contribution < -0.4 is 5.32 Å². The number of hydrogen-bond donors (Lipinski definition) is 1. The van der Waals surface area contributed by atoms with Crippen molar-refractivity contribution in [2.75, 3.05) is 18.6 Å². The molecule has 0 aliphatic rings. The number of para-hydroxylation sites is 1. The van der Waals surface area contributed by atoms with Gasteiger partial charge in [0.25, 0.3) is 0 Å². The Balaban J connectivity index is 2.02. The van der Waals surface area contributed by atoms with Crippen molar-refractivity contribution < 1.29 is 0 Å². The standard InChI is InChI=1S/C11H15N5S/c1-17-8-7-12-9-11-13-14-15-16(11)10-5-3-2-4-6-10/h2-6,12H,7-9H2,1H3. The van der Waals surface area contributed by atoms with Crippen LogP contribution >= 0.6 is 11.8 Å². The lowest BCUT2D eigenvalue weighted by Crippen LogP contribution is -2.19. The van der Waals surface area contributed by atoms with Gasteiger partial charge < -0.3 is 5.32 Å². The van der Waals surface area contributed by atoms with Gasteiger partial charge in [0, 0.05) is 12.3 Å². The maximum absolute atomic E-state index is 4.02. The van der Waals surface area contributed by atoms with E-state index in [1.165, 1.54) is 0 Å². The third kappa shape index (κ3) is 3.28. The van der Waals surface area contributed by atoms with Gasteiger partial charge in [0.15, 0.2) is 5.82 Å². The highest BCUT2D eigenvalue weighted by Crippen LogP contribution is 2.06. The van der Waals surface area contributed by atoms with Gasteiger partial charge in [-0.3, -0.25) is 0 Å². The first-order valence-corrected chi connectivity index (χ1v) is 6.83. The lowest BCUT2D eigenvalue weighted by molar-refractivity contribution is 0.667. The Kier molecular flexibility index (Phi) is 4.52. The van der Waals surface area contributed by atoms with E-state index in [1.54, 1.807) is 4.68 Å². The van der Waals surface area contributed by atoms with Gasteiger partial charge in [0.2, 0.25) is 0 Å². The first-order valence-electron chi connectivity index (χ1n) is 5.44. The molecule has 2 aromatic rings. The van der Waals surface area contributed by atoms with Crippen LogP contribution in [0, 0.1) is 0 Å². The maximum atomic E-state index is 4.02. The van der Waals surface area contributed by atoms with Crippen molar-refractivity contribution in [1.82, 2.24) is 25.5 Å². The second-order valence-corrected chi connectivity index (χ2v) is 4.50. The highest BCUT2D eigenvalue weighted by atomic mass is 32.2. The largest absolute Gasteiger partial charge is 0.309 e. The van der Waals surface area contributed by atoms with E-state index < -0.39 is 0 Å². The van der Waals surface area contributed by atoms with E-state index >= 15 is 0 Å². The van der Waals surface area contributed by atoms with Crippen molar-refractivity contribution >= 4 is 11.8 Å². The van der Waals surface area contributed by atoms with Crippen molar-refractivity contribution in [3.63, 3.8) is 0 Å². The molecule has 0 saturated heterocycles. The Morgan fingerprint density at radius 1 is 1.29 bits per heavy atom. The Hall–Kier alpha value is -1.40. The molecule has 1 heterocycles. The lowest BCUT2D eigenvalue weighted by Gasteiger charge is -2.05. The second-order valence-electron chi connectivity index (χ2n) is 3.51. The normalized spacial score (nSPS) is 10.6. The van der Waals surface area contributed by atoms with Gasteiger partial charge in [0.05, 0.1) is 12.2 Å². The predicted molar refractivity (Wildman–Crippen MR) is 69.2 cm³/mol. The number of nitrogens with zero attached hydrogens (tertiary/aromatic N) is 4. The number of hydrogen-bond acceptors (Lipinski definition) is 5. The smallest absolute Gasteiger partial charge is 0.170 e. The summed E-state index contributed by atoms with van der Waals surface area (Å²) in [5.74, 6) is 1.92. The van der Waals surface area contributed by atoms with Crippen molar-refractivity contribution in [3.05, 3.63) is 36.2 Å². The minimum absolute atomic E-state index is 0.683. The molecule has 1 N–H and O–H groups in total. The van der Waals surface area contributed by atoms with E-state index in [0.717, 1.165) is 23.8 Å². The third-order valence-electron chi connectivity index (χ3n) is 2.30. The Bertz CT molecular complexity index is 442. The summed E-state index contributed by atoms with van der Waals surface area (Å²) in [7, 11) is 0. The molecular formula is C11H15N5S. The quantitative estimate of drug-likeness (QED) is 0.777. The molecule has 0 fully saturated rings. The molecule has 0 aliphatic carbocycles. The molecular weight excluding hydrogens is 234 g/mol. The average molecular weight is 249 g/mol. The summed E-state index contributed by atoms with van der Waals surface area (Å²) in [6.45, 7) is 1.64. The molecule has 0 saturated carbocycles. The first-order chi connectivity index (χ1) is 8.42. The van der Waals surface area contributed by atoms with Gasteiger partial charge >= 0.3 is 0 Å². The summed E-state index contributed by atoms with van der Waals surface area (Å²) in [5, 5.41) is 15.0. The molecule has 0 atom stereocenters. The number of aromatic nitrogens is 4. The zero-order valence-electron chi connectivity index (χ0n) is 9.71. The zero-order valence-corrected chi connectivity index (χ0v) is 10.5. The van der Waals surface area contributed by atoms with Crippen molar-refractivity contribution in [2.24, 2.45) is 0 Å². The Labute approximate surface area is 105 Å². The third-order valence-corrected chi connectivity index (χ3v) is 2.91. The summed E-state index contributed by atoms with van der Waals surface area (Å²) in [4.78, 5) is 0. The van der Waals surface area contributed by atoms with Gasteiger partial charge in [-0.15, -0.1) is 5.10 Å². The van der Waals surface area contributed by atoms with E-state index in [4.69, 9.17) is 0 Å². The molecule has 0 unspecified atom stereocenters. The van der Waals surface area contributed by atoms with Crippen LogP contribution in [-0.4, -0.2) is 38.8 Å². The van der Waals surface area contributed by atoms with E-state index in [0.29, 0.717) is 6.54 Å². The van der Waals surface area contributed by atoms with Gasteiger partial charge in [-0.2, -0.15) is 16.4 Å². The van der Waals surface area contributed by atoms with Gasteiger partial charge in [-0.05, 0) is 28.8 Å². The summed E-state index contributed by atoms with van der Waals surface area (Å²) >= 11 is 1.82.